The fourth-order valence-electron chi connectivity index (χ4n) is 2.66. The molecule has 1 aromatic heterocycles. The van der Waals surface area contributed by atoms with E-state index in [-0.39, 0.29) is 17.1 Å². The number of ether oxygens (including phenoxy) is 1. The van der Waals surface area contributed by atoms with Crippen LogP contribution in [-0.4, -0.2) is 31.1 Å². The monoisotopic (exact) mass is 414 g/mol. The average molecular weight is 414 g/mol. The first-order chi connectivity index (χ1) is 13.9. The van der Waals surface area contributed by atoms with Crippen LogP contribution in [0.3, 0.4) is 0 Å². The van der Waals surface area contributed by atoms with E-state index in [1.54, 1.807) is 24.3 Å². The fraction of sp³-hybridized carbons (Fsp3) is 0.200. The zero-order valence-corrected chi connectivity index (χ0v) is 16.9. The maximum absolute atomic E-state index is 12.7. The van der Waals surface area contributed by atoms with E-state index in [0.717, 1.165) is 11.1 Å². The van der Waals surface area contributed by atoms with Crippen molar-refractivity contribution in [3.8, 4) is 5.75 Å². The van der Waals surface area contributed by atoms with E-state index in [1.807, 2.05) is 38.1 Å². The molecule has 0 aliphatic heterocycles. The molecule has 2 aromatic carbocycles. The molecule has 3 aromatic rings. The number of carbonyl (C=O) groups is 1. The van der Waals surface area contributed by atoms with Gasteiger partial charge in [-0.3, -0.25) is 14.6 Å². The molecule has 152 valence electrons. The summed E-state index contributed by atoms with van der Waals surface area (Å²) in [6, 6.07) is 14.2. The predicted molar refractivity (Wildman–Crippen MR) is 109 cm³/mol. The summed E-state index contributed by atoms with van der Waals surface area (Å²) in [4.78, 5) is 12.6. The number of anilines is 1. The molecule has 9 heteroatoms. The molecule has 0 aliphatic rings. The Morgan fingerprint density at radius 3 is 2.66 bits per heavy atom. The zero-order valence-electron chi connectivity index (χ0n) is 16.1. The topological polar surface area (TPSA) is 113 Å². The van der Waals surface area contributed by atoms with Gasteiger partial charge in [-0.2, -0.15) is 13.5 Å². The molecule has 29 heavy (non-hydrogen) atoms. The maximum atomic E-state index is 12.7. The minimum Gasteiger partial charge on any atom is -0.494 e. The van der Waals surface area contributed by atoms with Crippen LogP contribution >= 0.6 is 0 Å². The molecule has 0 aliphatic carbocycles. The normalized spacial score (nSPS) is 11.1. The highest BCUT2D eigenvalue weighted by atomic mass is 32.2. The Kier molecular flexibility index (Phi) is 6.18. The fourth-order valence-corrected chi connectivity index (χ4v) is 3.81. The number of rotatable bonds is 8. The Bertz CT molecular complexity index is 1090. The summed E-state index contributed by atoms with van der Waals surface area (Å²) < 4.78 is 33.3. The molecular formula is C20H22N4O4S. The number of sulfonamides is 1. The number of aryl methyl sites for hydroxylation is 1. The van der Waals surface area contributed by atoms with E-state index < -0.39 is 15.9 Å². The van der Waals surface area contributed by atoms with Crippen molar-refractivity contribution in [2.24, 2.45) is 0 Å². The van der Waals surface area contributed by atoms with Gasteiger partial charge in [-0.25, -0.2) is 0 Å². The smallest absolute Gasteiger partial charge is 0.279 e. The number of H-pyrrole nitrogens is 1. The van der Waals surface area contributed by atoms with Gasteiger partial charge in [0.2, 0.25) is 0 Å². The lowest BCUT2D eigenvalue weighted by Gasteiger charge is -2.10. The van der Waals surface area contributed by atoms with Crippen LogP contribution in [-0.2, 0) is 16.6 Å². The Morgan fingerprint density at radius 2 is 1.93 bits per heavy atom. The van der Waals surface area contributed by atoms with Crippen molar-refractivity contribution in [1.29, 1.82) is 0 Å². The number of hydrogen-bond acceptors (Lipinski definition) is 5. The van der Waals surface area contributed by atoms with Gasteiger partial charge in [0.1, 0.15) is 5.75 Å². The molecule has 8 nitrogen and oxygen atoms in total. The van der Waals surface area contributed by atoms with Crippen LogP contribution in [0, 0.1) is 6.92 Å². The Labute approximate surface area is 169 Å². The lowest BCUT2D eigenvalue weighted by atomic mass is 10.2. The van der Waals surface area contributed by atoms with Gasteiger partial charge in [-0.15, -0.1) is 0 Å². The van der Waals surface area contributed by atoms with Crippen LogP contribution in [0.4, 0.5) is 5.69 Å². The predicted octanol–water partition coefficient (Wildman–Crippen LogP) is 2.85. The zero-order chi connectivity index (χ0) is 20.9. The van der Waals surface area contributed by atoms with Crippen molar-refractivity contribution in [3.05, 3.63) is 71.4 Å². The lowest BCUT2D eigenvalue weighted by Crippen LogP contribution is -2.25. The molecule has 0 radical (unpaired) electrons. The first-order valence-electron chi connectivity index (χ1n) is 9.02. The lowest BCUT2D eigenvalue weighted by molar-refractivity contribution is 0.0947. The van der Waals surface area contributed by atoms with Crippen molar-refractivity contribution in [3.63, 3.8) is 0 Å². The number of amides is 1. The molecule has 0 saturated heterocycles. The molecule has 0 unspecified atom stereocenters. The van der Waals surface area contributed by atoms with E-state index in [9.17, 15) is 13.2 Å². The summed E-state index contributed by atoms with van der Waals surface area (Å²) in [5.74, 6) is 0.151. The third-order valence-corrected chi connectivity index (χ3v) is 5.44. The third kappa shape index (κ3) is 5.14. The maximum Gasteiger partial charge on any atom is 0.279 e. The molecule has 3 rings (SSSR count). The Hall–Kier alpha value is -3.33. The Balaban J connectivity index is 1.72. The van der Waals surface area contributed by atoms with Gasteiger partial charge >= 0.3 is 0 Å². The van der Waals surface area contributed by atoms with E-state index >= 15 is 0 Å². The summed E-state index contributed by atoms with van der Waals surface area (Å²) in [6.07, 6.45) is 1.19. The van der Waals surface area contributed by atoms with Gasteiger partial charge in [0, 0.05) is 12.2 Å². The van der Waals surface area contributed by atoms with Crippen molar-refractivity contribution < 1.29 is 17.9 Å². The van der Waals surface area contributed by atoms with Crippen molar-refractivity contribution in [2.45, 2.75) is 25.4 Å². The second kappa shape index (κ2) is 8.78. The number of nitrogens with one attached hydrogen (secondary N) is 3. The van der Waals surface area contributed by atoms with Crippen LogP contribution < -0.4 is 14.8 Å². The molecule has 0 saturated carbocycles. The SMILES string of the molecule is CCOc1cccc(CNC(=O)c2cn[nH]c2S(=O)(=O)Nc2ccc(C)cc2)c1. The molecular weight excluding hydrogens is 392 g/mol. The van der Waals surface area contributed by atoms with E-state index in [2.05, 4.69) is 20.2 Å². The average Bonchev–Trinajstić information content (AvgIpc) is 3.19. The first-order valence-corrected chi connectivity index (χ1v) is 10.5. The number of aromatic nitrogens is 2. The van der Waals surface area contributed by atoms with Crippen molar-refractivity contribution in [2.75, 3.05) is 11.3 Å². The molecule has 1 heterocycles. The molecule has 0 atom stereocenters. The highest BCUT2D eigenvalue weighted by Gasteiger charge is 2.25. The largest absolute Gasteiger partial charge is 0.494 e. The summed E-state index contributed by atoms with van der Waals surface area (Å²) in [7, 11) is -4.00. The second-order valence-corrected chi connectivity index (χ2v) is 7.97. The van der Waals surface area contributed by atoms with Crippen molar-refractivity contribution >= 4 is 21.6 Å². The summed E-state index contributed by atoms with van der Waals surface area (Å²) in [6.45, 7) is 4.55. The van der Waals surface area contributed by atoms with Crippen LogP contribution in [0.5, 0.6) is 5.75 Å². The molecule has 0 spiro atoms. The van der Waals surface area contributed by atoms with Gasteiger partial charge in [0.25, 0.3) is 15.9 Å². The molecule has 0 fully saturated rings. The van der Waals surface area contributed by atoms with E-state index in [1.165, 1.54) is 6.20 Å². The van der Waals surface area contributed by atoms with E-state index in [0.29, 0.717) is 18.0 Å². The minimum atomic E-state index is -4.00. The number of nitrogens with zero attached hydrogens (tertiary/aromatic N) is 1. The van der Waals surface area contributed by atoms with Crippen LogP contribution in [0.1, 0.15) is 28.4 Å². The minimum absolute atomic E-state index is 0.0643. The highest BCUT2D eigenvalue weighted by Crippen LogP contribution is 2.18. The molecule has 3 N–H and O–H groups in total. The van der Waals surface area contributed by atoms with E-state index in [4.69, 9.17) is 4.74 Å². The molecule has 1 amide bonds. The summed E-state index contributed by atoms with van der Waals surface area (Å²) >= 11 is 0. The number of carbonyl (C=O) groups excluding carboxylic acids is 1. The van der Waals surface area contributed by atoms with Gasteiger partial charge in [-0.1, -0.05) is 29.8 Å². The standard InChI is InChI=1S/C20H22N4O4S/c1-3-28-17-6-4-5-15(11-17)12-21-19(25)18-13-22-23-20(18)29(26,27)24-16-9-7-14(2)8-10-16/h4-11,13,24H,3,12H2,1-2H3,(H,21,25)(H,22,23). The first kappa shape index (κ1) is 20.4. The van der Waals surface area contributed by atoms with Crippen LogP contribution in [0.15, 0.2) is 59.8 Å². The second-order valence-electron chi connectivity index (χ2n) is 6.35. The van der Waals surface area contributed by atoms with Gasteiger partial charge in [0.05, 0.1) is 18.4 Å². The molecule has 0 bridgehead atoms. The summed E-state index contributed by atoms with van der Waals surface area (Å²) in [5, 5.41) is 8.55. The van der Waals surface area contributed by atoms with Crippen LogP contribution in [0.25, 0.3) is 0 Å². The van der Waals surface area contributed by atoms with Gasteiger partial charge in [-0.05, 0) is 43.7 Å². The third-order valence-electron chi connectivity index (χ3n) is 4.08. The van der Waals surface area contributed by atoms with Gasteiger partial charge in [0.15, 0.2) is 5.03 Å². The number of benzene rings is 2. The van der Waals surface area contributed by atoms with Crippen molar-refractivity contribution in [1.82, 2.24) is 15.5 Å². The quantitative estimate of drug-likeness (QED) is 0.525. The van der Waals surface area contributed by atoms with Gasteiger partial charge < -0.3 is 10.1 Å². The number of aromatic amines is 1. The summed E-state index contributed by atoms with van der Waals surface area (Å²) in [5.41, 5.74) is 2.16. The highest BCUT2D eigenvalue weighted by molar-refractivity contribution is 7.92. The Morgan fingerprint density at radius 1 is 1.17 bits per heavy atom. The van der Waals surface area contributed by atoms with Crippen LogP contribution in [0.2, 0.25) is 0 Å². The number of hydrogen-bond donors (Lipinski definition) is 3.